The van der Waals surface area contributed by atoms with Gasteiger partial charge >= 0.3 is 5.91 Å². The summed E-state index contributed by atoms with van der Waals surface area (Å²) in [5.41, 5.74) is 0.370. The number of rotatable bonds is 3. The second-order valence-corrected chi connectivity index (χ2v) is 5.26. The number of aromatic nitrogens is 3. The van der Waals surface area contributed by atoms with Crippen LogP contribution in [-0.4, -0.2) is 58.4 Å². The van der Waals surface area contributed by atoms with Crippen molar-refractivity contribution in [1.82, 2.24) is 19.9 Å². The smallest absolute Gasteiger partial charge is 0.302 e. The number of hydrogen-bond acceptors (Lipinski definition) is 4. The molecule has 7 heteroatoms. The van der Waals surface area contributed by atoms with Crippen LogP contribution in [0.25, 0.3) is 15.9 Å². The summed E-state index contributed by atoms with van der Waals surface area (Å²) in [5, 5.41) is 0.515. The van der Waals surface area contributed by atoms with Crippen molar-refractivity contribution in [1.29, 1.82) is 0 Å². The Balaban J connectivity index is 2.06. The maximum atomic E-state index is 12.5. The largest absolute Gasteiger partial charge is 0.354 e. The molecule has 7 nitrogen and oxygen atoms in total. The van der Waals surface area contributed by atoms with Gasteiger partial charge in [0.2, 0.25) is 0 Å². The van der Waals surface area contributed by atoms with Crippen molar-refractivity contribution in [2.75, 3.05) is 31.5 Å². The minimum atomic E-state index is -2.78. The average Bonchev–Trinajstić information content (AvgIpc) is 3.14. The molecule has 0 radical (unpaired) electrons. The number of carbonyl (C=O) groups is 1. The molecule has 3 heterocycles. The molecule has 0 bridgehead atoms. The zero-order valence-corrected chi connectivity index (χ0v) is 12.5. The van der Waals surface area contributed by atoms with Gasteiger partial charge in [-0.15, -0.1) is 0 Å². The van der Waals surface area contributed by atoms with Crippen molar-refractivity contribution >= 4 is 22.8 Å². The van der Waals surface area contributed by atoms with Crippen molar-refractivity contribution in [3.63, 3.8) is 0 Å². The van der Waals surface area contributed by atoms with Crippen molar-refractivity contribution in [3.05, 3.63) is 30.0 Å². The molecule has 0 aromatic carbocycles. The number of nitrogens with zero attached hydrogens (tertiary/aromatic N) is 5. The van der Waals surface area contributed by atoms with Crippen molar-refractivity contribution in [2.45, 2.75) is 19.3 Å². The summed E-state index contributed by atoms with van der Waals surface area (Å²) in [4.78, 5) is 28.7. The third-order valence-corrected chi connectivity index (χ3v) is 3.97. The zero-order valence-electron chi connectivity index (χ0n) is 19.5. The van der Waals surface area contributed by atoms with Crippen LogP contribution in [0.4, 0.5) is 5.82 Å². The van der Waals surface area contributed by atoms with Crippen molar-refractivity contribution in [2.24, 2.45) is 5.89 Å². The Bertz CT molecular complexity index is 1020. The molecule has 23 heavy (non-hydrogen) atoms. The molecule has 1 fully saturated rings. The van der Waals surface area contributed by atoms with E-state index in [1.54, 1.807) is 12.3 Å². The molecule has 1 aliphatic rings. The van der Waals surface area contributed by atoms with Gasteiger partial charge in [0, 0.05) is 31.8 Å². The maximum Gasteiger partial charge on any atom is 0.302 e. The number of fused-ring (bicyclic) bond motifs is 1. The number of likely N-dealkylation sites (tertiary alicyclic amines) is 1. The minimum absolute atomic E-state index is 0.160. The first-order valence-corrected chi connectivity index (χ1v) is 7.04. The Labute approximate surface area is 145 Å². The molecular formula is C16H20N6O. The van der Waals surface area contributed by atoms with Crippen LogP contribution in [0.5, 0.6) is 0 Å². The summed E-state index contributed by atoms with van der Waals surface area (Å²) < 4.78 is 55.6. The van der Waals surface area contributed by atoms with Crippen LogP contribution < -0.4 is 4.90 Å². The number of anilines is 1. The summed E-state index contributed by atoms with van der Waals surface area (Å²) in [6.45, 7) is 1.00. The first-order chi connectivity index (χ1) is 13.8. The second-order valence-electron chi connectivity index (χ2n) is 5.26. The molecule has 0 spiro atoms. The van der Waals surface area contributed by atoms with Crippen molar-refractivity contribution < 1.29 is 14.4 Å². The lowest BCUT2D eigenvalue weighted by molar-refractivity contribution is -0.130. The molecule has 1 aliphatic heterocycles. The monoisotopic (exact) mass is 319 g/mol. The molecule has 0 saturated carbocycles. The topological polar surface area (TPSA) is 69.5 Å². The quantitative estimate of drug-likeness (QED) is 0.872. The Morgan fingerprint density at radius 1 is 1.78 bits per heavy atom. The van der Waals surface area contributed by atoms with Crippen LogP contribution in [0, 0.1) is 12.5 Å². The number of nitrogens with one attached hydrogen (secondary N) is 1. The van der Waals surface area contributed by atoms with Gasteiger partial charge in [0.05, 0.1) is 11.4 Å². The Kier molecular flexibility index (Phi) is 2.41. The van der Waals surface area contributed by atoms with E-state index in [-0.39, 0.29) is 31.6 Å². The van der Waals surface area contributed by atoms with E-state index in [9.17, 15) is 4.79 Å². The summed E-state index contributed by atoms with van der Waals surface area (Å²) in [6.07, 6.45) is 1.05. The first kappa shape index (κ1) is 8.87. The van der Waals surface area contributed by atoms with E-state index in [1.807, 2.05) is 0 Å². The van der Waals surface area contributed by atoms with Gasteiger partial charge in [0.15, 0.2) is 0 Å². The van der Waals surface area contributed by atoms with Gasteiger partial charge in [0.1, 0.15) is 21.9 Å². The molecule has 1 amide bonds. The third-order valence-electron chi connectivity index (χ3n) is 3.97. The number of aromatic amines is 1. The van der Waals surface area contributed by atoms with Crippen molar-refractivity contribution in [3.8, 4) is 0 Å². The highest BCUT2D eigenvalue weighted by Crippen LogP contribution is 2.28. The molecule has 0 unspecified atom stereocenters. The van der Waals surface area contributed by atoms with Crippen LogP contribution in [-0.2, 0) is 4.79 Å². The van der Waals surface area contributed by atoms with Crippen LogP contribution >= 0.6 is 0 Å². The fourth-order valence-corrected chi connectivity index (χ4v) is 2.72. The molecule has 2 atom stereocenters. The molecule has 2 aromatic rings. The van der Waals surface area contributed by atoms with E-state index in [2.05, 4.69) is 19.8 Å². The summed E-state index contributed by atoms with van der Waals surface area (Å²) in [6, 6.07) is 0.557. The summed E-state index contributed by atoms with van der Waals surface area (Å²) >= 11 is 0. The molecule has 1 saturated heterocycles. The van der Waals surface area contributed by atoms with E-state index in [0.717, 1.165) is 4.90 Å². The molecule has 3 rings (SSSR count). The third kappa shape index (κ3) is 2.84. The number of amides is 1. The van der Waals surface area contributed by atoms with Gasteiger partial charge in [-0.2, -0.15) is 0 Å². The number of hydrogen-bond donors (Lipinski definition) is 1. The van der Waals surface area contributed by atoms with Gasteiger partial charge in [-0.05, 0) is 18.4 Å². The van der Waals surface area contributed by atoms with Crippen LogP contribution in [0.15, 0.2) is 18.6 Å². The Morgan fingerprint density at radius 2 is 2.65 bits per heavy atom. The minimum Gasteiger partial charge on any atom is -0.354 e. The lowest BCUT2D eigenvalue weighted by atomic mass is 9.92. The van der Waals surface area contributed by atoms with Gasteiger partial charge in [-0.25, -0.2) is 16.5 Å². The highest BCUT2D eigenvalue weighted by Gasteiger charge is 2.33. The lowest BCUT2D eigenvalue weighted by Crippen LogP contribution is -2.53. The highest BCUT2D eigenvalue weighted by molar-refractivity contribution is 5.87. The molecule has 120 valence electrons. The number of piperidine rings is 1. The highest BCUT2D eigenvalue weighted by atomic mass is 16.2. The fraction of sp³-hybridized carbons (Fsp3) is 0.500. The normalized spacial score (nSPS) is 30.0. The molecule has 0 aliphatic carbocycles. The van der Waals surface area contributed by atoms with E-state index in [0.29, 0.717) is 11.0 Å². The second kappa shape index (κ2) is 6.24. The van der Waals surface area contributed by atoms with Crippen LogP contribution in [0.2, 0.25) is 0 Å². The van der Waals surface area contributed by atoms with E-state index < -0.39 is 31.2 Å². The predicted octanol–water partition coefficient (Wildman–Crippen LogP) is 1.55. The molecular weight excluding hydrogens is 292 g/mol. The average molecular weight is 319 g/mol. The van der Waals surface area contributed by atoms with Gasteiger partial charge in [0.25, 0.3) is 6.50 Å². The van der Waals surface area contributed by atoms with Crippen LogP contribution in [0.3, 0.4) is 0 Å². The standard InChI is InChI=1S/C16H20N6O/c1-11-5-7-22(14(23)8-17-2)9-13(11)21(3)16-12-4-6-18-15(12)19-10-20-16/h4,6,10-11,13H,5,7-9H2,1,3H3,(H,18,19,20)/t11-,13+/m1/s1/i1D3,8D2,10D,11D. The summed E-state index contributed by atoms with van der Waals surface area (Å²) in [7, 11) is 1.52. The maximum absolute atomic E-state index is 12.5. The Hall–Kier alpha value is -2.62. The number of likely N-dealkylation sites (N-methyl/N-ethyl adjacent to an activating group) is 1. The number of carbonyl (C=O) groups excluding carboxylic acids is 1. The van der Waals surface area contributed by atoms with Gasteiger partial charge in [-0.1, -0.05) is 6.85 Å². The Morgan fingerprint density at radius 3 is 3.43 bits per heavy atom. The van der Waals surface area contributed by atoms with E-state index in [4.69, 9.17) is 16.2 Å². The molecule has 1 N–H and O–H groups in total. The zero-order chi connectivity index (χ0) is 22.5. The van der Waals surface area contributed by atoms with Gasteiger partial charge in [-0.3, -0.25) is 4.79 Å². The summed E-state index contributed by atoms with van der Waals surface area (Å²) in [5.74, 6) is -2.84. The van der Waals surface area contributed by atoms with E-state index >= 15 is 0 Å². The first-order valence-electron chi connectivity index (χ1n) is 10.5. The van der Waals surface area contributed by atoms with E-state index in [1.165, 1.54) is 11.9 Å². The predicted molar refractivity (Wildman–Crippen MR) is 87.9 cm³/mol. The lowest BCUT2D eigenvalue weighted by Gasteiger charge is -2.41. The molecule has 2 aromatic heterocycles. The number of H-pyrrole nitrogens is 1. The SMILES string of the molecule is [2H]c1nc(N(C)[C@H]2CN(C(=O)C([2H])([2H])[N+]#[C-])CC[C@@]2([2H])C([2H])([2H])[2H])c2cc[nH]c2n1. The van der Waals surface area contributed by atoms with Crippen LogP contribution in [0.1, 0.15) is 22.9 Å². The fourth-order valence-electron chi connectivity index (χ4n) is 2.72. The van der Waals surface area contributed by atoms with Gasteiger partial charge < -0.3 is 19.6 Å².